The van der Waals surface area contributed by atoms with Crippen molar-refractivity contribution in [3.63, 3.8) is 0 Å². The summed E-state index contributed by atoms with van der Waals surface area (Å²) in [5, 5.41) is 0. The maximum Gasteiger partial charge on any atom is 0.0350 e. The van der Waals surface area contributed by atoms with Gasteiger partial charge in [0.05, 0.1) is 0 Å². The minimum atomic E-state index is 0.223. The van der Waals surface area contributed by atoms with Gasteiger partial charge in [0.15, 0.2) is 0 Å². The van der Waals surface area contributed by atoms with E-state index in [2.05, 4.69) is 78.3 Å². The second-order valence-electron chi connectivity index (χ2n) is 8.61. The van der Waals surface area contributed by atoms with Crippen molar-refractivity contribution in [1.82, 2.24) is 0 Å². The van der Waals surface area contributed by atoms with Crippen molar-refractivity contribution in [3.05, 3.63) is 154 Å². The highest BCUT2D eigenvalue weighted by atomic mass is 14.3. The molecule has 2 aliphatic carbocycles. The van der Waals surface area contributed by atoms with Crippen molar-refractivity contribution in [2.75, 3.05) is 0 Å². The Morgan fingerprint density at radius 1 is 0.529 bits per heavy atom. The van der Waals surface area contributed by atoms with Gasteiger partial charge in [-0.1, -0.05) is 90.4 Å². The lowest BCUT2D eigenvalue weighted by Crippen LogP contribution is -1.99. The number of hydrogen-bond donors (Lipinski definition) is 0. The Kier molecular flexibility index (Phi) is 5.20. The SMILES string of the molecule is C(#Cc1ccc2c(c1)C(C1=CCC=C1)c1cc(C#Cc3ccccc3)ccc1-2)c1ccccc1. The lowest BCUT2D eigenvalue weighted by molar-refractivity contribution is 1.01. The normalized spacial score (nSPS) is 13.2. The highest BCUT2D eigenvalue weighted by Crippen LogP contribution is 2.49. The Morgan fingerprint density at radius 2 is 1.03 bits per heavy atom. The van der Waals surface area contributed by atoms with Gasteiger partial charge in [-0.2, -0.15) is 0 Å². The largest absolute Gasteiger partial charge is 0.0804 e. The van der Waals surface area contributed by atoms with Gasteiger partial charge in [-0.25, -0.2) is 0 Å². The molecule has 6 rings (SSSR count). The topological polar surface area (TPSA) is 0 Å². The quantitative estimate of drug-likeness (QED) is 0.275. The van der Waals surface area contributed by atoms with Crippen LogP contribution in [0.15, 0.2) is 121 Å². The first kappa shape index (κ1) is 20.1. The zero-order valence-corrected chi connectivity index (χ0v) is 18.8. The average Bonchev–Trinajstić information content (AvgIpc) is 3.53. The molecule has 4 aromatic rings. The molecule has 0 spiro atoms. The summed E-state index contributed by atoms with van der Waals surface area (Å²) in [6, 6.07) is 33.6. The summed E-state index contributed by atoms with van der Waals surface area (Å²) < 4.78 is 0. The highest BCUT2D eigenvalue weighted by molar-refractivity contribution is 5.82. The van der Waals surface area contributed by atoms with Crippen LogP contribution in [0.2, 0.25) is 0 Å². The van der Waals surface area contributed by atoms with E-state index < -0.39 is 0 Å². The molecule has 0 N–H and O–H groups in total. The molecular formula is C34H22. The van der Waals surface area contributed by atoms with Crippen LogP contribution in [0, 0.1) is 23.7 Å². The van der Waals surface area contributed by atoms with Crippen LogP contribution in [-0.4, -0.2) is 0 Å². The second kappa shape index (κ2) is 8.78. The van der Waals surface area contributed by atoms with Gasteiger partial charge >= 0.3 is 0 Å². The smallest absolute Gasteiger partial charge is 0.0350 e. The zero-order valence-electron chi connectivity index (χ0n) is 18.8. The number of benzene rings is 4. The van der Waals surface area contributed by atoms with Gasteiger partial charge in [0.25, 0.3) is 0 Å². The van der Waals surface area contributed by atoms with Crippen LogP contribution >= 0.6 is 0 Å². The molecule has 0 unspecified atom stereocenters. The third-order valence-corrected chi connectivity index (χ3v) is 6.40. The van der Waals surface area contributed by atoms with Gasteiger partial charge in [-0.05, 0) is 82.8 Å². The molecule has 4 aromatic carbocycles. The van der Waals surface area contributed by atoms with Crippen LogP contribution in [0.5, 0.6) is 0 Å². The lowest BCUT2D eigenvalue weighted by Gasteiger charge is -2.14. The highest BCUT2D eigenvalue weighted by Gasteiger charge is 2.31. The Labute approximate surface area is 201 Å². The summed E-state index contributed by atoms with van der Waals surface area (Å²) >= 11 is 0. The van der Waals surface area contributed by atoms with Crippen molar-refractivity contribution in [3.8, 4) is 34.8 Å². The molecule has 2 aliphatic rings. The summed E-state index contributed by atoms with van der Waals surface area (Å²) in [6.07, 6.45) is 7.85. The van der Waals surface area contributed by atoms with Gasteiger partial charge in [0.1, 0.15) is 0 Å². The lowest BCUT2D eigenvalue weighted by atomic mass is 9.88. The first-order valence-corrected chi connectivity index (χ1v) is 11.6. The van der Waals surface area contributed by atoms with E-state index in [9.17, 15) is 0 Å². The van der Waals surface area contributed by atoms with Crippen molar-refractivity contribution < 1.29 is 0 Å². The fourth-order valence-corrected chi connectivity index (χ4v) is 4.80. The monoisotopic (exact) mass is 430 g/mol. The Balaban J connectivity index is 1.41. The number of hydrogen-bond acceptors (Lipinski definition) is 0. The Hall–Kier alpha value is -4.52. The van der Waals surface area contributed by atoms with E-state index >= 15 is 0 Å². The molecule has 0 aromatic heterocycles. The predicted molar refractivity (Wildman–Crippen MR) is 140 cm³/mol. The van der Waals surface area contributed by atoms with Gasteiger partial charge in [0.2, 0.25) is 0 Å². The first-order chi connectivity index (χ1) is 16.8. The molecule has 0 heterocycles. The molecule has 34 heavy (non-hydrogen) atoms. The second-order valence-corrected chi connectivity index (χ2v) is 8.61. The number of fused-ring (bicyclic) bond motifs is 3. The predicted octanol–water partition coefficient (Wildman–Crippen LogP) is 7.48. The number of rotatable bonds is 1. The fraction of sp³-hybridized carbons (Fsp3) is 0.0588. The van der Waals surface area contributed by atoms with E-state index in [-0.39, 0.29) is 5.92 Å². The van der Waals surface area contributed by atoms with Crippen LogP contribution in [0.3, 0.4) is 0 Å². The third kappa shape index (κ3) is 3.88. The summed E-state index contributed by atoms with van der Waals surface area (Å²) in [4.78, 5) is 0. The molecule has 0 fully saturated rings. The van der Waals surface area contributed by atoms with Crippen LogP contribution in [0.1, 0.15) is 45.7 Å². The van der Waals surface area contributed by atoms with Crippen molar-refractivity contribution in [2.45, 2.75) is 12.3 Å². The van der Waals surface area contributed by atoms with Gasteiger partial charge in [0, 0.05) is 28.2 Å². The minimum absolute atomic E-state index is 0.223. The molecule has 0 radical (unpaired) electrons. The van der Waals surface area contributed by atoms with Crippen molar-refractivity contribution >= 4 is 0 Å². The molecule has 0 amide bonds. The zero-order chi connectivity index (χ0) is 22.7. The van der Waals surface area contributed by atoms with Crippen molar-refractivity contribution in [2.24, 2.45) is 0 Å². The average molecular weight is 431 g/mol. The van der Waals surface area contributed by atoms with Crippen LogP contribution in [0.25, 0.3) is 11.1 Å². The van der Waals surface area contributed by atoms with E-state index in [1.807, 2.05) is 60.7 Å². The van der Waals surface area contributed by atoms with E-state index in [1.54, 1.807) is 0 Å². The Bertz CT molecular complexity index is 1450. The summed E-state index contributed by atoms with van der Waals surface area (Å²) in [5.74, 6) is 13.6. The molecule has 0 nitrogen and oxygen atoms in total. The summed E-state index contributed by atoms with van der Waals surface area (Å²) in [5.41, 5.74) is 10.8. The summed E-state index contributed by atoms with van der Waals surface area (Å²) in [7, 11) is 0. The molecule has 0 bridgehead atoms. The minimum Gasteiger partial charge on any atom is -0.0804 e. The molecule has 0 aliphatic heterocycles. The van der Waals surface area contributed by atoms with E-state index in [0.717, 1.165) is 28.7 Å². The molecule has 0 atom stereocenters. The van der Waals surface area contributed by atoms with E-state index in [0.29, 0.717) is 0 Å². The van der Waals surface area contributed by atoms with Crippen LogP contribution in [0.4, 0.5) is 0 Å². The molecule has 0 saturated heterocycles. The van der Waals surface area contributed by atoms with E-state index in [1.165, 1.54) is 27.8 Å². The third-order valence-electron chi connectivity index (χ3n) is 6.40. The van der Waals surface area contributed by atoms with Gasteiger partial charge < -0.3 is 0 Å². The molecule has 0 saturated carbocycles. The van der Waals surface area contributed by atoms with E-state index in [4.69, 9.17) is 0 Å². The first-order valence-electron chi connectivity index (χ1n) is 11.6. The fourth-order valence-electron chi connectivity index (χ4n) is 4.80. The maximum atomic E-state index is 3.37. The Morgan fingerprint density at radius 3 is 1.50 bits per heavy atom. The van der Waals surface area contributed by atoms with Gasteiger partial charge in [-0.3, -0.25) is 0 Å². The van der Waals surface area contributed by atoms with Crippen molar-refractivity contribution in [1.29, 1.82) is 0 Å². The molecule has 0 heteroatoms. The molecule has 158 valence electrons. The van der Waals surface area contributed by atoms with Crippen LogP contribution < -0.4 is 0 Å². The summed E-state index contributed by atoms with van der Waals surface area (Å²) in [6.45, 7) is 0. The maximum absolute atomic E-state index is 3.37. The van der Waals surface area contributed by atoms with Gasteiger partial charge in [-0.15, -0.1) is 0 Å². The standard InChI is InChI=1S/C34H22/c1-3-9-25(10-4-1)15-17-27-19-21-30-31-22-20-28(18-16-26-11-5-2-6-12-26)24-33(31)34(32(30)23-27)29-13-7-8-14-29/h1-7,9-14,19-24,34H,8H2. The number of allylic oxidation sites excluding steroid dienone is 4. The molecular weight excluding hydrogens is 408 g/mol. The van der Waals surface area contributed by atoms with Crippen LogP contribution in [-0.2, 0) is 0 Å².